The average molecular weight is 439 g/mol. The van der Waals surface area contributed by atoms with Crippen molar-refractivity contribution in [1.29, 1.82) is 0 Å². The van der Waals surface area contributed by atoms with Crippen molar-refractivity contribution in [3.63, 3.8) is 0 Å². The predicted octanol–water partition coefficient (Wildman–Crippen LogP) is 4.06. The Hall–Kier alpha value is -3.35. The highest BCUT2D eigenvalue weighted by Crippen LogP contribution is 2.44. The van der Waals surface area contributed by atoms with E-state index in [0.29, 0.717) is 12.8 Å². The summed E-state index contributed by atoms with van der Waals surface area (Å²) in [5.41, 5.74) is 3.29. The zero-order chi connectivity index (χ0) is 23.3. The molecule has 0 heterocycles. The standard InChI is InChI=1S/C25H30N2O5/c1-4-16(13-14-22(28)27-25(2,3)23(29)30)26-24(31)32-15-21-19-11-7-5-9-17(19)18-10-6-8-12-20(18)21/h5-12,16,21H,4,13-15H2,1-3H3,(H,26,31)(H,27,28)(H,29,30). The van der Waals surface area contributed by atoms with Crippen LogP contribution in [0.15, 0.2) is 48.5 Å². The number of fused-ring (bicyclic) bond motifs is 3. The van der Waals surface area contributed by atoms with Crippen molar-refractivity contribution in [1.82, 2.24) is 10.6 Å². The van der Waals surface area contributed by atoms with Crippen LogP contribution < -0.4 is 10.6 Å². The number of benzene rings is 2. The van der Waals surface area contributed by atoms with Crippen molar-refractivity contribution in [3.05, 3.63) is 59.7 Å². The molecule has 1 unspecified atom stereocenters. The van der Waals surface area contributed by atoms with Gasteiger partial charge in [0.1, 0.15) is 12.1 Å². The molecule has 0 fully saturated rings. The Bertz CT molecular complexity index is 956. The van der Waals surface area contributed by atoms with E-state index >= 15 is 0 Å². The maximum absolute atomic E-state index is 12.4. The van der Waals surface area contributed by atoms with Crippen LogP contribution in [0.2, 0.25) is 0 Å². The lowest BCUT2D eigenvalue weighted by Gasteiger charge is -2.22. The molecule has 170 valence electrons. The van der Waals surface area contributed by atoms with E-state index in [2.05, 4.69) is 34.9 Å². The first kappa shape index (κ1) is 23.3. The molecular formula is C25H30N2O5. The van der Waals surface area contributed by atoms with Gasteiger partial charge in [-0.2, -0.15) is 0 Å². The van der Waals surface area contributed by atoms with Crippen LogP contribution in [0.5, 0.6) is 0 Å². The number of carboxylic acids is 1. The molecule has 0 saturated heterocycles. The van der Waals surface area contributed by atoms with Gasteiger partial charge in [-0.3, -0.25) is 4.79 Å². The van der Waals surface area contributed by atoms with Crippen molar-refractivity contribution in [2.24, 2.45) is 0 Å². The number of carbonyl (C=O) groups excluding carboxylic acids is 2. The van der Waals surface area contributed by atoms with E-state index in [-0.39, 0.29) is 30.9 Å². The van der Waals surface area contributed by atoms with Gasteiger partial charge in [-0.1, -0.05) is 55.5 Å². The van der Waals surface area contributed by atoms with Crippen molar-refractivity contribution in [3.8, 4) is 11.1 Å². The Kier molecular flexibility index (Phi) is 7.18. The lowest BCUT2D eigenvalue weighted by atomic mass is 9.98. The third-order valence-electron chi connectivity index (χ3n) is 5.86. The zero-order valence-electron chi connectivity index (χ0n) is 18.7. The van der Waals surface area contributed by atoms with Gasteiger partial charge < -0.3 is 20.5 Å². The topological polar surface area (TPSA) is 105 Å². The van der Waals surface area contributed by atoms with Gasteiger partial charge in [0, 0.05) is 18.4 Å². The van der Waals surface area contributed by atoms with Crippen molar-refractivity contribution >= 4 is 18.0 Å². The molecule has 0 spiro atoms. The molecule has 2 aromatic rings. The van der Waals surface area contributed by atoms with Crippen LogP contribution in [0.1, 0.15) is 57.1 Å². The van der Waals surface area contributed by atoms with E-state index in [1.54, 1.807) is 0 Å². The normalized spacial score (nSPS) is 13.6. The molecule has 2 aromatic carbocycles. The van der Waals surface area contributed by atoms with Crippen molar-refractivity contribution in [2.45, 2.75) is 57.5 Å². The minimum Gasteiger partial charge on any atom is -0.480 e. The largest absolute Gasteiger partial charge is 0.480 e. The van der Waals surface area contributed by atoms with Gasteiger partial charge in [0.05, 0.1) is 0 Å². The average Bonchev–Trinajstić information content (AvgIpc) is 3.08. The highest BCUT2D eigenvalue weighted by atomic mass is 16.5. The number of alkyl carbamates (subject to hydrolysis) is 1. The number of hydrogen-bond acceptors (Lipinski definition) is 4. The van der Waals surface area contributed by atoms with Gasteiger partial charge in [-0.25, -0.2) is 9.59 Å². The lowest BCUT2D eigenvalue weighted by Crippen LogP contribution is -2.50. The first-order chi connectivity index (χ1) is 15.2. The van der Waals surface area contributed by atoms with Crippen LogP contribution in [0.25, 0.3) is 11.1 Å². The third kappa shape index (κ3) is 5.28. The van der Waals surface area contributed by atoms with E-state index in [4.69, 9.17) is 9.84 Å². The number of hydrogen-bond donors (Lipinski definition) is 3. The number of amides is 2. The van der Waals surface area contributed by atoms with E-state index in [1.807, 2.05) is 31.2 Å². The van der Waals surface area contributed by atoms with Crippen LogP contribution in [0, 0.1) is 0 Å². The van der Waals surface area contributed by atoms with E-state index in [9.17, 15) is 14.4 Å². The quantitative estimate of drug-likeness (QED) is 0.548. The molecule has 3 rings (SSSR count). The van der Waals surface area contributed by atoms with Gasteiger partial charge in [0.15, 0.2) is 0 Å². The number of nitrogens with one attached hydrogen (secondary N) is 2. The summed E-state index contributed by atoms with van der Waals surface area (Å²) in [6.07, 6.45) is 0.603. The van der Waals surface area contributed by atoms with Crippen molar-refractivity contribution in [2.75, 3.05) is 6.61 Å². The molecular weight excluding hydrogens is 408 g/mol. The summed E-state index contributed by atoms with van der Waals surface area (Å²) >= 11 is 0. The number of rotatable bonds is 9. The smallest absolute Gasteiger partial charge is 0.407 e. The monoisotopic (exact) mass is 438 g/mol. The summed E-state index contributed by atoms with van der Waals surface area (Å²) in [7, 11) is 0. The number of carboxylic acid groups (broad SMARTS) is 1. The molecule has 7 heteroatoms. The first-order valence-electron chi connectivity index (χ1n) is 10.9. The number of carbonyl (C=O) groups is 3. The molecule has 1 aliphatic rings. The van der Waals surface area contributed by atoms with Crippen LogP contribution in [0.4, 0.5) is 4.79 Å². The summed E-state index contributed by atoms with van der Waals surface area (Å²) in [6.45, 7) is 5.00. The molecule has 1 atom stereocenters. The molecule has 2 amide bonds. The summed E-state index contributed by atoms with van der Waals surface area (Å²) < 4.78 is 5.56. The maximum Gasteiger partial charge on any atom is 0.407 e. The van der Waals surface area contributed by atoms with Crippen LogP contribution in [0.3, 0.4) is 0 Å². The van der Waals surface area contributed by atoms with Crippen molar-refractivity contribution < 1.29 is 24.2 Å². The molecule has 0 radical (unpaired) electrons. The SMILES string of the molecule is CCC(CCC(=O)NC(C)(C)C(=O)O)NC(=O)OCC1c2ccccc2-c2ccccc21. The van der Waals surface area contributed by atoms with Gasteiger partial charge >= 0.3 is 12.1 Å². The fraction of sp³-hybridized carbons (Fsp3) is 0.400. The van der Waals surface area contributed by atoms with Gasteiger partial charge in [0.2, 0.25) is 5.91 Å². The van der Waals surface area contributed by atoms with Crippen LogP contribution >= 0.6 is 0 Å². The lowest BCUT2D eigenvalue weighted by molar-refractivity contribution is -0.146. The zero-order valence-corrected chi connectivity index (χ0v) is 18.7. The van der Waals surface area contributed by atoms with Crippen LogP contribution in [-0.2, 0) is 14.3 Å². The summed E-state index contributed by atoms with van der Waals surface area (Å²) in [6, 6.07) is 16.0. The summed E-state index contributed by atoms with van der Waals surface area (Å²) in [5, 5.41) is 14.4. The molecule has 0 aromatic heterocycles. The second kappa shape index (κ2) is 9.85. The Balaban J connectivity index is 1.53. The van der Waals surface area contributed by atoms with E-state index in [1.165, 1.54) is 25.0 Å². The Morgan fingerprint density at radius 3 is 2.12 bits per heavy atom. The fourth-order valence-electron chi connectivity index (χ4n) is 3.95. The van der Waals surface area contributed by atoms with E-state index < -0.39 is 17.6 Å². The summed E-state index contributed by atoms with van der Waals surface area (Å²) in [5.74, 6) is -1.49. The molecule has 0 bridgehead atoms. The minimum absolute atomic E-state index is 0.0164. The van der Waals surface area contributed by atoms with E-state index in [0.717, 1.165) is 11.1 Å². The van der Waals surface area contributed by atoms with Gasteiger partial charge in [-0.15, -0.1) is 0 Å². The highest BCUT2D eigenvalue weighted by molar-refractivity contribution is 5.86. The fourth-order valence-corrected chi connectivity index (χ4v) is 3.95. The second-order valence-electron chi connectivity index (χ2n) is 8.59. The first-order valence-corrected chi connectivity index (χ1v) is 10.9. The molecule has 3 N–H and O–H groups in total. The second-order valence-corrected chi connectivity index (χ2v) is 8.59. The minimum atomic E-state index is -1.33. The number of ether oxygens (including phenoxy) is 1. The Morgan fingerprint density at radius 2 is 1.59 bits per heavy atom. The molecule has 7 nitrogen and oxygen atoms in total. The Labute approximate surface area is 188 Å². The molecule has 1 aliphatic carbocycles. The predicted molar refractivity (Wildman–Crippen MR) is 121 cm³/mol. The number of aliphatic carboxylic acids is 1. The summed E-state index contributed by atoms with van der Waals surface area (Å²) in [4.78, 5) is 35.7. The molecule has 0 saturated carbocycles. The third-order valence-corrected chi connectivity index (χ3v) is 5.86. The van der Waals surface area contributed by atoms with Gasteiger partial charge in [0.25, 0.3) is 0 Å². The maximum atomic E-state index is 12.4. The van der Waals surface area contributed by atoms with Crippen LogP contribution in [-0.4, -0.2) is 41.3 Å². The van der Waals surface area contributed by atoms with Gasteiger partial charge in [-0.05, 0) is 48.9 Å². The molecule has 32 heavy (non-hydrogen) atoms. The Morgan fingerprint density at radius 1 is 1.03 bits per heavy atom. The molecule has 0 aliphatic heterocycles. The highest BCUT2D eigenvalue weighted by Gasteiger charge is 2.30.